The number of nitrogens with zero attached hydrogens (tertiary/aromatic N) is 2. The first-order valence-electron chi connectivity index (χ1n) is 6.54. The van der Waals surface area contributed by atoms with Crippen LogP contribution in [0.1, 0.15) is 17.0 Å². The summed E-state index contributed by atoms with van der Waals surface area (Å²) in [4.78, 5) is 8.80. The number of hydrogen-bond acceptors (Lipinski definition) is 5. The van der Waals surface area contributed by atoms with Crippen molar-refractivity contribution in [3.8, 4) is 5.75 Å². The van der Waals surface area contributed by atoms with Gasteiger partial charge >= 0.3 is 0 Å². The van der Waals surface area contributed by atoms with Gasteiger partial charge in [-0.2, -0.15) is 0 Å². The highest BCUT2D eigenvalue weighted by atomic mass is 16.5. The quantitative estimate of drug-likeness (QED) is 0.876. The third-order valence-electron chi connectivity index (χ3n) is 3.13. The predicted octanol–water partition coefficient (Wildman–Crippen LogP) is 2.76. The first-order chi connectivity index (χ1) is 9.65. The van der Waals surface area contributed by atoms with Crippen LogP contribution in [-0.2, 0) is 6.54 Å². The van der Waals surface area contributed by atoms with E-state index >= 15 is 0 Å². The maximum Gasteiger partial charge on any atom is 0.135 e. The highest BCUT2D eigenvalue weighted by molar-refractivity contribution is 5.57. The zero-order chi connectivity index (χ0) is 14.5. The van der Waals surface area contributed by atoms with E-state index in [4.69, 9.17) is 4.74 Å². The maximum atomic E-state index is 5.35. The molecule has 0 saturated heterocycles. The summed E-state index contributed by atoms with van der Waals surface area (Å²) >= 11 is 0. The van der Waals surface area contributed by atoms with E-state index in [0.717, 1.165) is 34.3 Å². The van der Waals surface area contributed by atoms with Crippen molar-refractivity contribution in [2.45, 2.75) is 20.4 Å². The van der Waals surface area contributed by atoms with Crippen LogP contribution < -0.4 is 15.4 Å². The van der Waals surface area contributed by atoms with Gasteiger partial charge in [0.05, 0.1) is 7.11 Å². The molecule has 2 rings (SSSR count). The van der Waals surface area contributed by atoms with E-state index < -0.39 is 0 Å². The van der Waals surface area contributed by atoms with Crippen molar-refractivity contribution in [2.75, 3.05) is 24.8 Å². The Morgan fingerprint density at radius 3 is 2.50 bits per heavy atom. The molecule has 20 heavy (non-hydrogen) atoms. The predicted molar refractivity (Wildman–Crippen MR) is 81.4 cm³/mol. The zero-order valence-corrected chi connectivity index (χ0v) is 12.3. The summed E-state index contributed by atoms with van der Waals surface area (Å²) in [5, 5.41) is 6.43. The number of hydrogen-bond donors (Lipinski definition) is 2. The van der Waals surface area contributed by atoms with Crippen LogP contribution in [0.4, 0.5) is 11.6 Å². The molecular weight excluding hydrogens is 252 g/mol. The summed E-state index contributed by atoms with van der Waals surface area (Å²) in [7, 11) is 3.54. The summed E-state index contributed by atoms with van der Waals surface area (Å²) in [6, 6.07) is 7.94. The van der Waals surface area contributed by atoms with Crippen LogP contribution in [0.2, 0.25) is 0 Å². The van der Waals surface area contributed by atoms with Gasteiger partial charge in [-0.3, -0.25) is 0 Å². The molecule has 5 nitrogen and oxygen atoms in total. The van der Waals surface area contributed by atoms with Crippen LogP contribution in [-0.4, -0.2) is 24.1 Å². The van der Waals surface area contributed by atoms with Gasteiger partial charge in [-0.05, 0) is 19.9 Å². The Morgan fingerprint density at radius 2 is 1.80 bits per heavy atom. The highest BCUT2D eigenvalue weighted by Crippen LogP contribution is 2.22. The number of rotatable bonds is 5. The van der Waals surface area contributed by atoms with Gasteiger partial charge in [-0.25, -0.2) is 9.97 Å². The van der Waals surface area contributed by atoms with E-state index in [1.165, 1.54) is 0 Å². The summed E-state index contributed by atoms with van der Waals surface area (Å²) in [6.45, 7) is 4.54. The molecule has 0 radical (unpaired) electrons. The van der Waals surface area contributed by atoms with E-state index in [1.54, 1.807) is 7.11 Å². The second-order valence-electron chi connectivity index (χ2n) is 4.51. The Hall–Kier alpha value is -2.30. The van der Waals surface area contributed by atoms with Crippen LogP contribution in [0.5, 0.6) is 5.75 Å². The number of aromatic nitrogens is 2. The van der Waals surface area contributed by atoms with Gasteiger partial charge in [0.25, 0.3) is 0 Å². The maximum absolute atomic E-state index is 5.35. The minimum Gasteiger partial charge on any atom is -0.496 e. The molecule has 0 aliphatic heterocycles. The largest absolute Gasteiger partial charge is 0.496 e. The summed E-state index contributed by atoms with van der Waals surface area (Å²) in [5.74, 6) is 3.30. The molecule has 0 unspecified atom stereocenters. The van der Waals surface area contributed by atoms with Gasteiger partial charge in [0.2, 0.25) is 0 Å². The number of nitrogens with one attached hydrogen (secondary N) is 2. The van der Waals surface area contributed by atoms with Gasteiger partial charge in [-0.1, -0.05) is 18.2 Å². The number of para-hydroxylation sites is 1. The zero-order valence-electron chi connectivity index (χ0n) is 12.3. The topological polar surface area (TPSA) is 59.1 Å². The van der Waals surface area contributed by atoms with Gasteiger partial charge < -0.3 is 15.4 Å². The molecule has 0 fully saturated rings. The third-order valence-corrected chi connectivity index (χ3v) is 3.13. The number of benzene rings is 1. The normalized spacial score (nSPS) is 10.2. The SMILES string of the molecule is CNc1nc(C)nc(NCc2ccccc2OC)c1C. The van der Waals surface area contributed by atoms with Crippen LogP contribution in [0, 0.1) is 13.8 Å². The molecule has 0 amide bonds. The smallest absolute Gasteiger partial charge is 0.135 e. The number of aryl methyl sites for hydroxylation is 1. The monoisotopic (exact) mass is 272 g/mol. The van der Waals surface area contributed by atoms with Gasteiger partial charge in [-0.15, -0.1) is 0 Å². The minimum atomic E-state index is 0.657. The first kappa shape index (κ1) is 14.1. The molecule has 0 bridgehead atoms. The summed E-state index contributed by atoms with van der Waals surface area (Å²) in [5.41, 5.74) is 2.10. The molecule has 0 atom stereocenters. The van der Waals surface area contributed by atoms with E-state index in [0.29, 0.717) is 6.54 Å². The first-order valence-corrected chi connectivity index (χ1v) is 6.54. The van der Waals surface area contributed by atoms with Crippen molar-refractivity contribution in [2.24, 2.45) is 0 Å². The molecular formula is C15H20N4O. The van der Waals surface area contributed by atoms with Crippen molar-refractivity contribution in [3.05, 3.63) is 41.2 Å². The average Bonchev–Trinajstić information content (AvgIpc) is 2.48. The van der Waals surface area contributed by atoms with Crippen molar-refractivity contribution in [1.29, 1.82) is 0 Å². The molecule has 0 saturated carbocycles. The van der Waals surface area contributed by atoms with Crippen LogP contribution in [0.25, 0.3) is 0 Å². The Kier molecular flexibility index (Phi) is 4.40. The molecule has 0 spiro atoms. The lowest BCUT2D eigenvalue weighted by atomic mass is 10.2. The van der Waals surface area contributed by atoms with E-state index in [1.807, 2.05) is 45.2 Å². The fraction of sp³-hybridized carbons (Fsp3) is 0.333. The molecule has 1 aromatic carbocycles. The second kappa shape index (κ2) is 6.23. The summed E-state index contributed by atoms with van der Waals surface area (Å²) < 4.78 is 5.35. The van der Waals surface area contributed by atoms with Crippen molar-refractivity contribution >= 4 is 11.6 Å². The van der Waals surface area contributed by atoms with Crippen LogP contribution in [0.15, 0.2) is 24.3 Å². The molecule has 1 aromatic heterocycles. The van der Waals surface area contributed by atoms with E-state index in [-0.39, 0.29) is 0 Å². The molecule has 2 N–H and O–H groups in total. The molecule has 2 aromatic rings. The minimum absolute atomic E-state index is 0.657. The fourth-order valence-corrected chi connectivity index (χ4v) is 2.07. The fourth-order valence-electron chi connectivity index (χ4n) is 2.07. The van der Waals surface area contributed by atoms with Gasteiger partial charge in [0.15, 0.2) is 0 Å². The van der Waals surface area contributed by atoms with E-state index in [2.05, 4.69) is 20.6 Å². The molecule has 5 heteroatoms. The second-order valence-corrected chi connectivity index (χ2v) is 4.51. The highest BCUT2D eigenvalue weighted by Gasteiger charge is 2.08. The number of methoxy groups -OCH3 is 1. The molecule has 106 valence electrons. The molecule has 1 heterocycles. The van der Waals surface area contributed by atoms with Crippen LogP contribution >= 0.6 is 0 Å². The Bertz CT molecular complexity index is 598. The molecule has 0 aliphatic carbocycles. The van der Waals surface area contributed by atoms with Crippen LogP contribution in [0.3, 0.4) is 0 Å². The van der Waals surface area contributed by atoms with Crippen molar-refractivity contribution in [1.82, 2.24) is 9.97 Å². The lowest BCUT2D eigenvalue weighted by molar-refractivity contribution is 0.410. The standard InChI is InChI=1S/C15H20N4O/c1-10-14(16-3)18-11(2)19-15(10)17-9-12-7-5-6-8-13(12)20-4/h5-8H,9H2,1-4H3,(H2,16,17,18,19). The Balaban J connectivity index is 2.21. The van der Waals surface area contributed by atoms with Crippen molar-refractivity contribution < 1.29 is 4.74 Å². The number of ether oxygens (including phenoxy) is 1. The van der Waals surface area contributed by atoms with E-state index in [9.17, 15) is 0 Å². The Labute approximate surface area is 119 Å². The van der Waals surface area contributed by atoms with Gasteiger partial charge in [0.1, 0.15) is 23.2 Å². The number of anilines is 2. The van der Waals surface area contributed by atoms with Crippen molar-refractivity contribution in [3.63, 3.8) is 0 Å². The van der Waals surface area contributed by atoms with Gasteiger partial charge in [0, 0.05) is 24.7 Å². The lowest BCUT2D eigenvalue weighted by Gasteiger charge is -2.14. The average molecular weight is 272 g/mol. The summed E-state index contributed by atoms with van der Waals surface area (Å²) in [6.07, 6.45) is 0. The lowest BCUT2D eigenvalue weighted by Crippen LogP contribution is -2.08. The third kappa shape index (κ3) is 2.99. The Morgan fingerprint density at radius 1 is 1.10 bits per heavy atom. The molecule has 0 aliphatic rings.